The molecule has 0 heterocycles. The minimum Gasteiger partial charge on any atom is -0.490 e. The molecular formula is C23H28ClNO5. The first-order valence-corrected chi connectivity index (χ1v) is 10.3. The van der Waals surface area contributed by atoms with Gasteiger partial charge in [-0.25, -0.2) is 4.79 Å². The van der Waals surface area contributed by atoms with Crippen LogP contribution in [0.2, 0.25) is 5.02 Å². The third-order valence-corrected chi connectivity index (χ3v) is 4.55. The highest BCUT2D eigenvalue weighted by Gasteiger charge is 2.18. The monoisotopic (exact) mass is 433 g/mol. The summed E-state index contributed by atoms with van der Waals surface area (Å²) < 4.78 is 16.3. The second-order valence-electron chi connectivity index (χ2n) is 6.96. The Morgan fingerprint density at radius 3 is 2.27 bits per heavy atom. The summed E-state index contributed by atoms with van der Waals surface area (Å²) in [6.07, 6.45) is 0.806. The van der Waals surface area contributed by atoms with Crippen LogP contribution in [0.25, 0.3) is 0 Å². The molecule has 0 aliphatic carbocycles. The number of rotatable bonds is 9. The normalized spacial score (nSPS) is 10.5. The number of carbonyl (C=O) groups is 2. The van der Waals surface area contributed by atoms with Crippen LogP contribution in [0.3, 0.4) is 0 Å². The van der Waals surface area contributed by atoms with Crippen LogP contribution in [0.4, 0.5) is 5.69 Å². The highest BCUT2D eigenvalue weighted by Crippen LogP contribution is 2.37. The lowest BCUT2D eigenvalue weighted by Crippen LogP contribution is -2.22. The number of amides is 1. The average molecular weight is 434 g/mol. The summed E-state index contributed by atoms with van der Waals surface area (Å²) in [5.74, 6) is -0.342. The summed E-state index contributed by atoms with van der Waals surface area (Å²) in [5.41, 5.74) is 3.91. The van der Waals surface area contributed by atoms with Gasteiger partial charge in [0.15, 0.2) is 18.1 Å². The SMILES string of the molecule is CCCOc1c(Cl)cc(C(=O)OCC(=O)Nc2c(C)cc(C)cc2C)cc1OCC. The van der Waals surface area contributed by atoms with E-state index in [1.807, 2.05) is 46.8 Å². The number of halogens is 1. The van der Waals surface area contributed by atoms with E-state index in [-0.39, 0.29) is 10.6 Å². The van der Waals surface area contributed by atoms with Crippen molar-refractivity contribution in [3.8, 4) is 11.5 Å². The van der Waals surface area contributed by atoms with Crippen LogP contribution in [0.1, 0.15) is 47.3 Å². The minimum absolute atomic E-state index is 0.183. The van der Waals surface area contributed by atoms with Gasteiger partial charge in [0.25, 0.3) is 5.91 Å². The maximum Gasteiger partial charge on any atom is 0.338 e. The number of nitrogens with one attached hydrogen (secondary N) is 1. The van der Waals surface area contributed by atoms with Crippen molar-refractivity contribution in [1.82, 2.24) is 0 Å². The second kappa shape index (κ2) is 10.9. The predicted octanol–water partition coefficient (Wildman–Crippen LogP) is 5.25. The maximum atomic E-state index is 12.5. The lowest BCUT2D eigenvalue weighted by atomic mass is 10.1. The van der Waals surface area contributed by atoms with E-state index in [2.05, 4.69) is 5.32 Å². The Kier molecular flexibility index (Phi) is 8.54. The van der Waals surface area contributed by atoms with Gasteiger partial charge < -0.3 is 19.5 Å². The largest absolute Gasteiger partial charge is 0.490 e. The number of benzene rings is 2. The fourth-order valence-electron chi connectivity index (χ4n) is 3.06. The van der Waals surface area contributed by atoms with Gasteiger partial charge in [-0.2, -0.15) is 0 Å². The Morgan fingerprint density at radius 2 is 1.67 bits per heavy atom. The molecule has 0 aliphatic rings. The van der Waals surface area contributed by atoms with E-state index in [9.17, 15) is 9.59 Å². The second-order valence-corrected chi connectivity index (χ2v) is 7.37. The number of anilines is 1. The van der Waals surface area contributed by atoms with Crippen LogP contribution in [-0.2, 0) is 9.53 Å². The quantitative estimate of drug-likeness (QED) is 0.547. The van der Waals surface area contributed by atoms with E-state index in [1.54, 1.807) is 0 Å². The molecule has 0 spiro atoms. The highest BCUT2D eigenvalue weighted by molar-refractivity contribution is 6.32. The van der Waals surface area contributed by atoms with Gasteiger partial charge >= 0.3 is 5.97 Å². The Balaban J connectivity index is 2.08. The number of carbonyl (C=O) groups excluding carboxylic acids is 2. The first kappa shape index (κ1) is 23.5. The fraction of sp³-hybridized carbons (Fsp3) is 0.391. The number of aryl methyl sites for hydroxylation is 3. The Bertz CT molecular complexity index is 903. The molecule has 0 aliphatic heterocycles. The van der Waals surface area contributed by atoms with Crippen molar-refractivity contribution < 1.29 is 23.8 Å². The van der Waals surface area contributed by atoms with Crippen LogP contribution in [0.15, 0.2) is 24.3 Å². The molecule has 0 atom stereocenters. The molecule has 0 saturated carbocycles. The molecule has 0 fully saturated rings. The summed E-state index contributed by atoms with van der Waals surface area (Å²) in [4.78, 5) is 24.7. The maximum absolute atomic E-state index is 12.5. The third kappa shape index (κ3) is 6.13. The van der Waals surface area contributed by atoms with Gasteiger partial charge in [0.05, 0.1) is 23.8 Å². The fourth-order valence-corrected chi connectivity index (χ4v) is 3.33. The molecule has 0 saturated heterocycles. The van der Waals surface area contributed by atoms with Crippen molar-refractivity contribution in [3.63, 3.8) is 0 Å². The third-order valence-electron chi connectivity index (χ3n) is 4.27. The van der Waals surface area contributed by atoms with Crippen LogP contribution >= 0.6 is 11.6 Å². The van der Waals surface area contributed by atoms with Crippen molar-refractivity contribution in [2.24, 2.45) is 0 Å². The molecule has 2 rings (SSSR count). The number of hydrogen-bond acceptors (Lipinski definition) is 5. The van der Waals surface area contributed by atoms with Gasteiger partial charge in [-0.1, -0.05) is 36.2 Å². The predicted molar refractivity (Wildman–Crippen MR) is 118 cm³/mol. The van der Waals surface area contributed by atoms with Crippen molar-refractivity contribution >= 4 is 29.2 Å². The van der Waals surface area contributed by atoms with E-state index in [4.69, 9.17) is 25.8 Å². The molecule has 0 unspecified atom stereocenters. The van der Waals surface area contributed by atoms with Crippen molar-refractivity contribution in [2.75, 3.05) is 25.1 Å². The zero-order valence-electron chi connectivity index (χ0n) is 18.1. The van der Waals surface area contributed by atoms with E-state index < -0.39 is 18.5 Å². The average Bonchev–Trinajstić information content (AvgIpc) is 2.68. The van der Waals surface area contributed by atoms with Gasteiger partial charge in [-0.3, -0.25) is 4.79 Å². The summed E-state index contributed by atoms with van der Waals surface area (Å²) in [7, 11) is 0. The van der Waals surface area contributed by atoms with Crippen LogP contribution in [-0.4, -0.2) is 31.7 Å². The Labute approximate surface area is 182 Å². The van der Waals surface area contributed by atoms with Gasteiger partial charge in [-0.15, -0.1) is 0 Å². The zero-order chi connectivity index (χ0) is 22.3. The zero-order valence-corrected chi connectivity index (χ0v) is 18.8. The Morgan fingerprint density at radius 1 is 1.00 bits per heavy atom. The summed E-state index contributed by atoms with van der Waals surface area (Å²) in [6.45, 7) is 10.1. The highest BCUT2D eigenvalue weighted by atomic mass is 35.5. The molecule has 7 heteroatoms. The molecule has 1 N–H and O–H groups in total. The molecule has 0 bridgehead atoms. The molecule has 2 aromatic carbocycles. The van der Waals surface area contributed by atoms with Crippen molar-refractivity contribution in [3.05, 3.63) is 51.5 Å². The smallest absolute Gasteiger partial charge is 0.338 e. The molecule has 162 valence electrons. The summed E-state index contributed by atoms with van der Waals surface area (Å²) in [6, 6.07) is 6.92. The minimum atomic E-state index is -0.674. The standard InChI is InChI=1S/C23H28ClNO5/c1-6-8-29-22-18(24)11-17(12-19(22)28-7-2)23(27)30-13-20(26)25-21-15(4)9-14(3)10-16(21)5/h9-12H,6-8,13H2,1-5H3,(H,25,26). The number of esters is 1. The Hall–Kier alpha value is -2.73. The first-order chi connectivity index (χ1) is 14.3. The van der Waals surface area contributed by atoms with E-state index in [0.717, 1.165) is 28.8 Å². The van der Waals surface area contributed by atoms with Crippen LogP contribution < -0.4 is 14.8 Å². The molecule has 1 amide bonds. The molecule has 0 radical (unpaired) electrons. The van der Waals surface area contributed by atoms with Crippen LogP contribution in [0.5, 0.6) is 11.5 Å². The molecule has 30 heavy (non-hydrogen) atoms. The van der Waals surface area contributed by atoms with E-state index in [0.29, 0.717) is 24.7 Å². The summed E-state index contributed by atoms with van der Waals surface area (Å²) >= 11 is 6.28. The molecule has 0 aromatic heterocycles. The lowest BCUT2D eigenvalue weighted by Gasteiger charge is -2.15. The van der Waals surface area contributed by atoms with Gasteiger partial charge in [0.2, 0.25) is 0 Å². The van der Waals surface area contributed by atoms with E-state index in [1.165, 1.54) is 12.1 Å². The number of ether oxygens (including phenoxy) is 3. The molecular weight excluding hydrogens is 406 g/mol. The lowest BCUT2D eigenvalue weighted by molar-refractivity contribution is -0.119. The first-order valence-electron chi connectivity index (χ1n) is 9.90. The molecule has 2 aromatic rings. The van der Waals surface area contributed by atoms with Gasteiger partial charge in [-0.05, 0) is 57.4 Å². The van der Waals surface area contributed by atoms with Crippen molar-refractivity contribution in [2.45, 2.75) is 41.0 Å². The van der Waals surface area contributed by atoms with Gasteiger partial charge in [0.1, 0.15) is 0 Å². The van der Waals surface area contributed by atoms with Crippen molar-refractivity contribution in [1.29, 1.82) is 0 Å². The van der Waals surface area contributed by atoms with E-state index >= 15 is 0 Å². The van der Waals surface area contributed by atoms with Gasteiger partial charge in [0, 0.05) is 5.69 Å². The topological polar surface area (TPSA) is 73.9 Å². The summed E-state index contributed by atoms with van der Waals surface area (Å²) in [5, 5.41) is 3.05. The molecule has 6 nitrogen and oxygen atoms in total. The van der Waals surface area contributed by atoms with Crippen LogP contribution in [0, 0.1) is 20.8 Å². The number of hydrogen-bond donors (Lipinski definition) is 1.